The maximum atomic E-state index is 5.41. The maximum absolute atomic E-state index is 5.41. The number of rotatable bonds is 2. The van der Waals surface area contributed by atoms with Crippen molar-refractivity contribution in [3.8, 4) is 0 Å². The quantitative estimate of drug-likeness (QED) is 0.811. The lowest BCUT2D eigenvalue weighted by Crippen LogP contribution is -2.39. The molecule has 1 aromatic carbocycles. The van der Waals surface area contributed by atoms with Crippen LogP contribution in [0, 0.1) is 12.8 Å². The van der Waals surface area contributed by atoms with E-state index in [1.54, 1.807) is 0 Å². The van der Waals surface area contributed by atoms with E-state index in [1.807, 2.05) is 6.07 Å². The van der Waals surface area contributed by atoms with Crippen molar-refractivity contribution in [2.75, 3.05) is 0 Å². The van der Waals surface area contributed by atoms with Crippen molar-refractivity contribution in [3.63, 3.8) is 0 Å². The van der Waals surface area contributed by atoms with Crippen molar-refractivity contribution in [3.05, 3.63) is 35.4 Å². The molecule has 0 aromatic heterocycles. The molecule has 3 heteroatoms. The molecule has 2 rings (SSSR count). The Morgan fingerprint density at radius 1 is 1.35 bits per heavy atom. The van der Waals surface area contributed by atoms with Crippen LogP contribution in [0.2, 0.25) is 0 Å². The number of aryl methyl sites for hydroxylation is 1. The fraction of sp³-hybridized carbons (Fsp3) is 0.429. The molecule has 0 spiro atoms. The summed E-state index contributed by atoms with van der Waals surface area (Å²) in [6.07, 6.45) is 0. The maximum Gasteiger partial charge on any atom is 0.134 e. The zero-order valence-corrected chi connectivity index (χ0v) is 11.6. The van der Waals surface area contributed by atoms with Gasteiger partial charge in [0.25, 0.3) is 0 Å². The van der Waals surface area contributed by atoms with E-state index in [0.29, 0.717) is 5.92 Å². The SMILES string of the molecule is Cc1cccc(C2=NC(C)(C(C)C)C(=S)N2)c1. The molecular weight excluding hydrogens is 228 g/mol. The highest BCUT2D eigenvalue weighted by Crippen LogP contribution is 2.27. The highest BCUT2D eigenvalue weighted by molar-refractivity contribution is 7.80. The van der Waals surface area contributed by atoms with Gasteiger partial charge in [-0.05, 0) is 25.8 Å². The normalized spacial score (nSPS) is 23.8. The number of thiocarbonyl (C=S) groups is 1. The van der Waals surface area contributed by atoms with E-state index in [0.717, 1.165) is 16.4 Å². The molecule has 1 N–H and O–H groups in total. The van der Waals surface area contributed by atoms with E-state index in [4.69, 9.17) is 17.2 Å². The molecule has 0 saturated carbocycles. The Morgan fingerprint density at radius 3 is 2.59 bits per heavy atom. The Morgan fingerprint density at radius 2 is 2.06 bits per heavy atom. The zero-order chi connectivity index (χ0) is 12.6. The fourth-order valence-corrected chi connectivity index (χ4v) is 2.24. The van der Waals surface area contributed by atoms with Crippen LogP contribution in [0.15, 0.2) is 29.3 Å². The molecular formula is C14H18N2S. The van der Waals surface area contributed by atoms with Gasteiger partial charge in [-0.1, -0.05) is 49.8 Å². The second kappa shape index (κ2) is 4.22. The molecule has 0 bridgehead atoms. The minimum atomic E-state index is -0.269. The molecule has 17 heavy (non-hydrogen) atoms. The van der Waals surface area contributed by atoms with Crippen molar-refractivity contribution < 1.29 is 0 Å². The van der Waals surface area contributed by atoms with Crippen molar-refractivity contribution in [1.82, 2.24) is 5.32 Å². The third-order valence-electron chi connectivity index (χ3n) is 3.45. The average molecular weight is 246 g/mol. The van der Waals surface area contributed by atoms with E-state index < -0.39 is 0 Å². The first kappa shape index (κ1) is 12.2. The number of benzene rings is 1. The van der Waals surface area contributed by atoms with E-state index in [-0.39, 0.29) is 5.54 Å². The fourth-order valence-electron chi connectivity index (χ4n) is 1.87. The number of amidine groups is 1. The second-order valence-electron chi connectivity index (χ2n) is 5.09. The number of aliphatic imine (C=N–C) groups is 1. The van der Waals surface area contributed by atoms with Crippen LogP contribution in [0.25, 0.3) is 0 Å². The number of nitrogens with one attached hydrogen (secondary N) is 1. The molecule has 90 valence electrons. The van der Waals surface area contributed by atoms with Gasteiger partial charge in [0.05, 0.1) is 0 Å². The highest BCUT2D eigenvalue weighted by atomic mass is 32.1. The summed E-state index contributed by atoms with van der Waals surface area (Å²) in [7, 11) is 0. The van der Waals surface area contributed by atoms with Crippen LogP contribution in [-0.2, 0) is 0 Å². The molecule has 0 amide bonds. The summed E-state index contributed by atoms with van der Waals surface area (Å²) < 4.78 is 0. The van der Waals surface area contributed by atoms with Crippen molar-refractivity contribution in [2.24, 2.45) is 10.9 Å². The minimum Gasteiger partial charge on any atom is -0.332 e. The van der Waals surface area contributed by atoms with Gasteiger partial charge in [0.2, 0.25) is 0 Å². The summed E-state index contributed by atoms with van der Waals surface area (Å²) in [6, 6.07) is 8.32. The summed E-state index contributed by atoms with van der Waals surface area (Å²) in [5, 5.41) is 3.25. The van der Waals surface area contributed by atoms with Crippen LogP contribution in [0.3, 0.4) is 0 Å². The zero-order valence-electron chi connectivity index (χ0n) is 10.7. The first-order chi connectivity index (χ1) is 7.93. The van der Waals surface area contributed by atoms with Crippen molar-refractivity contribution in [2.45, 2.75) is 33.2 Å². The molecule has 0 saturated heterocycles. The second-order valence-corrected chi connectivity index (χ2v) is 5.49. The van der Waals surface area contributed by atoms with Gasteiger partial charge in [-0.2, -0.15) is 0 Å². The van der Waals surface area contributed by atoms with Crippen LogP contribution >= 0.6 is 12.2 Å². The van der Waals surface area contributed by atoms with Crippen LogP contribution in [0.1, 0.15) is 31.9 Å². The van der Waals surface area contributed by atoms with E-state index in [2.05, 4.69) is 51.2 Å². The van der Waals surface area contributed by atoms with Crippen molar-refractivity contribution in [1.29, 1.82) is 0 Å². The number of hydrogen-bond acceptors (Lipinski definition) is 2. The molecule has 1 heterocycles. The lowest BCUT2D eigenvalue weighted by molar-refractivity contribution is 0.460. The Bertz CT molecular complexity index is 491. The van der Waals surface area contributed by atoms with Crippen LogP contribution in [0.4, 0.5) is 0 Å². The first-order valence-corrected chi connectivity index (χ1v) is 6.32. The lowest BCUT2D eigenvalue weighted by atomic mass is 9.90. The molecule has 1 aromatic rings. The molecule has 2 nitrogen and oxygen atoms in total. The van der Waals surface area contributed by atoms with Gasteiger partial charge in [0.1, 0.15) is 16.4 Å². The molecule has 1 atom stereocenters. The Kier molecular flexibility index (Phi) is 3.04. The van der Waals surface area contributed by atoms with Crippen LogP contribution < -0.4 is 5.32 Å². The average Bonchev–Trinajstić information content (AvgIpc) is 2.57. The van der Waals surface area contributed by atoms with Crippen molar-refractivity contribution >= 4 is 23.0 Å². The summed E-state index contributed by atoms with van der Waals surface area (Å²) >= 11 is 5.41. The largest absolute Gasteiger partial charge is 0.332 e. The summed E-state index contributed by atoms with van der Waals surface area (Å²) in [5.74, 6) is 1.29. The third-order valence-corrected chi connectivity index (χ3v) is 3.97. The molecule has 0 radical (unpaired) electrons. The highest BCUT2D eigenvalue weighted by Gasteiger charge is 2.38. The summed E-state index contributed by atoms with van der Waals surface area (Å²) in [6.45, 7) is 8.47. The molecule has 1 unspecified atom stereocenters. The number of nitrogens with zero attached hydrogens (tertiary/aromatic N) is 1. The predicted molar refractivity (Wildman–Crippen MR) is 76.7 cm³/mol. The first-order valence-electron chi connectivity index (χ1n) is 5.92. The summed E-state index contributed by atoms with van der Waals surface area (Å²) in [5.41, 5.74) is 2.07. The Hall–Kier alpha value is -1.22. The number of hydrogen-bond donors (Lipinski definition) is 1. The van der Waals surface area contributed by atoms with Gasteiger partial charge in [-0.25, -0.2) is 0 Å². The van der Waals surface area contributed by atoms with E-state index >= 15 is 0 Å². The van der Waals surface area contributed by atoms with Crippen LogP contribution in [0.5, 0.6) is 0 Å². The monoisotopic (exact) mass is 246 g/mol. The Labute approximate surface area is 108 Å². The molecule has 1 aliphatic rings. The standard InChI is InChI=1S/C14H18N2S/c1-9(2)14(4)13(17)15-12(16-14)11-7-5-6-10(3)8-11/h5-9H,1-4H3,(H,15,16,17). The molecule has 0 aliphatic carbocycles. The lowest BCUT2D eigenvalue weighted by Gasteiger charge is -2.24. The van der Waals surface area contributed by atoms with Gasteiger partial charge in [0, 0.05) is 5.56 Å². The smallest absolute Gasteiger partial charge is 0.134 e. The van der Waals surface area contributed by atoms with Gasteiger partial charge in [-0.3, -0.25) is 4.99 Å². The van der Waals surface area contributed by atoms with Gasteiger partial charge < -0.3 is 5.32 Å². The third kappa shape index (κ3) is 2.12. The van der Waals surface area contributed by atoms with Crippen LogP contribution in [-0.4, -0.2) is 16.4 Å². The molecule has 0 fully saturated rings. The topological polar surface area (TPSA) is 24.4 Å². The predicted octanol–water partition coefficient (Wildman–Crippen LogP) is 3.09. The van der Waals surface area contributed by atoms with Gasteiger partial charge in [0.15, 0.2) is 0 Å². The van der Waals surface area contributed by atoms with E-state index in [9.17, 15) is 0 Å². The van der Waals surface area contributed by atoms with E-state index in [1.165, 1.54) is 5.56 Å². The Balaban J connectivity index is 2.40. The summed E-state index contributed by atoms with van der Waals surface area (Å²) in [4.78, 5) is 5.60. The minimum absolute atomic E-state index is 0.269. The van der Waals surface area contributed by atoms with Gasteiger partial charge >= 0.3 is 0 Å². The molecule has 1 aliphatic heterocycles. The van der Waals surface area contributed by atoms with Gasteiger partial charge in [-0.15, -0.1) is 0 Å².